The van der Waals surface area contributed by atoms with Crippen LogP contribution in [-0.2, 0) is 20.0 Å². The number of para-hydroxylation sites is 1. The molecule has 1 aromatic carbocycles. The minimum atomic E-state index is 0.663. The number of hydrogen-bond donors (Lipinski definition) is 1. The maximum Gasteiger partial charge on any atom is 0.108 e. The molecule has 1 saturated heterocycles. The third-order valence-corrected chi connectivity index (χ3v) is 5.80. The van der Waals surface area contributed by atoms with Crippen LogP contribution in [0.2, 0.25) is 0 Å². The molecule has 1 aliphatic heterocycles. The van der Waals surface area contributed by atoms with Gasteiger partial charge in [0.2, 0.25) is 0 Å². The van der Waals surface area contributed by atoms with Gasteiger partial charge in [0, 0.05) is 55.0 Å². The normalized spacial score (nSPS) is 18.9. The fourth-order valence-corrected chi connectivity index (χ4v) is 4.23. The number of nitrogens with one attached hydrogen (secondary N) is 1. The number of rotatable bonds is 5. The van der Waals surface area contributed by atoms with E-state index >= 15 is 0 Å². The van der Waals surface area contributed by atoms with E-state index < -0.39 is 0 Å². The molecule has 0 aliphatic carbocycles. The first-order valence-electron chi connectivity index (χ1n) is 9.49. The van der Waals surface area contributed by atoms with Gasteiger partial charge in [0.1, 0.15) is 5.82 Å². The molecule has 0 radical (unpaired) electrons. The molecule has 0 amide bonds. The summed E-state index contributed by atoms with van der Waals surface area (Å²) in [5, 5.41) is 1.36. The molecule has 0 spiro atoms. The molecule has 0 bridgehead atoms. The van der Waals surface area contributed by atoms with Crippen molar-refractivity contribution >= 4 is 10.9 Å². The van der Waals surface area contributed by atoms with Crippen LogP contribution in [0.4, 0.5) is 0 Å². The van der Waals surface area contributed by atoms with Crippen molar-refractivity contribution in [2.75, 3.05) is 6.54 Å². The van der Waals surface area contributed by atoms with Crippen molar-refractivity contribution in [1.29, 1.82) is 0 Å². The average molecular weight is 336 g/mol. The number of aromatic nitrogens is 3. The summed E-state index contributed by atoms with van der Waals surface area (Å²) in [6.07, 6.45) is 10.2. The second kappa shape index (κ2) is 7.04. The first kappa shape index (κ1) is 16.4. The molecule has 1 fully saturated rings. The average Bonchev–Trinajstić information content (AvgIpc) is 3.18. The van der Waals surface area contributed by atoms with Crippen molar-refractivity contribution in [3.8, 4) is 0 Å². The number of H-pyrrole nitrogens is 1. The van der Waals surface area contributed by atoms with Gasteiger partial charge in [0.05, 0.1) is 0 Å². The topological polar surface area (TPSA) is 36.9 Å². The van der Waals surface area contributed by atoms with Crippen LogP contribution in [0.15, 0.2) is 36.7 Å². The smallest absolute Gasteiger partial charge is 0.108 e. The lowest BCUT2D eigenvalue weighted by Crippen LogP contribution is -2.39. The van der Waals surface area contributed by atoms with Crippen LogP contribution < -0.4 is 0 Å². The monoisotopic (exact) mass is 336 g/mol. The van der Waals surface area contributed by atoms with E-state index in [1.165, 1.54) is 60.2 Å². The second-order valence-electron chi connectivity index (χ2n) is 7.39. The SMILES string of the molecule is Cc1c(CN2CCCC[C@H]2CCc2nccn2C)[nH]c2ccccc12. The van der Waals surface area contributed by atoms with E-state index in [0.29, 0.717) is 6.04 Å². The molecule has 4 rings (SSSR count). The Morgan fingerprint density at radius 1 is 1.24 bits per heavy atom. The van der Waals surface area contributed by atoms with Crippen molar-refractivity contribution in [2.24, 2.45) is 7.05 Å². The fourth-order valence-electron chi connectivity index (χ4n) is 4.23. The minimum Gasteiger partial charge on any atom is -0.357 e. The van der Waals surface area contributed by atoms with Crippen LogP contribution in [-0.4, -0.2) is 32.0 Å². The van der Waals surface area contributed by atoms with E-state index in [2.05, 4.69) is 57.7 Å². The summed E-state index contributed by atoms with van der Waals surface area (Å²) >= 11 is 0. The van der Waals surface area contributed by atoms with Crippen LogP contribution in [0.5, 0.6) is 0 Å². The summed E-state index contributed by atoms with van der Waals surface area (Å²) in [6.45, 7) is 4.49. The molecule has 132 valence electrons. The molecule has 0 unspecified atom stereocenters. The Hall–Kier alpha value is -2.07. The molecule has 3 aromatic rings. The Morgan fingerprint density at radius 2 is 2.12 bits per heavy atom. The number of imidazole rings is 1. The lowest BCUT2D eigenvalue weighted by molar-refractivity contribution is 0.130. The van der Waals surface area contributed by atoms with Crippen molar-refractivity contribution in [1.82, 2.24) is 19.4 Å². The summed E-state index contributed by atoms with van der Waals surface area (Å²) in [7, 11) is 2.09. The van der Waals surface area contributed by atoms with Crippen molar-refractivity contribution in [2.45, 2.75) is 51.6 Å². The van der Waals surface area contributed by atoms with Gasteiger partial charge in [-0.05, 0) is 44.4 Å². The molecule has 0 saturated carbocycles. The summed E-state index contributed by atoms with van der Waals surface area (Å²) in [4.78, 5) is 10.8. The van der Waals surface area contributed by atoms with E-state index in [4.69, 9.17) is 0 Å². The fraction of sp³-hybridized carbons (Fsp3) is 0.476. The Morgan fingerprint density at radius 3 is 2.92 bits per heavy atom. The lowest BCUT2D eigenvalue weighted by atomic mass is 9.97. The highest BCUT2D eigenvalue weighted by Crippen LogP contribution is 2.27. The first-order valence-corrected chi connectivity index (χ1v) is 9.49. The van der Waals surface area contributed by atoms with E-state index in [0.717, 1.165) is 13.0 Å². The number of hydrogen-bond acceptors (Lipinski definition) is 2. The van der Waals surface area contributed by atoms with E-state index in [1.807, 2.05) is 12.4 Å². The molecular formula is C21H28N4. The van der Waals surface area contributed by atoms with Gasteiger partial charge in [-0.2, -0.15) is 0 Å². The molecule has 1 aliphatic rings. The van der Waals surface area contributed by atoms with Crippen LogP contribution in [0.3, 0.4) is 0 Å². The number of nitrogens with zero attached hydrogens (tertiary/aromatic N) is 3. The van der Waals surface area contributed by atoms with Gasteiger partial charge in [0.25, 0.3) is 0 Å². The standard InChI is InChI=1S/C21H28N4/c1-16-18-8-3-4-9-19(18)23-20(16)15-25-13-6-5-7-17(25)10-11-21-22-12-14-24(21)2/h3-4,8-9,12,14,17,23H,5-7,10-11,13,15H2,1-2H3/t17-/m0/s1. The highest BCUT2D eigenvalue weighted by atomic mass is 15.2. The second-order valence-corrected chi connectivity index (χ2v) is 7.39. The molecule has 1 N–H and O–H groups in total. The zero-order valence-corrected chi connectivity index (χ0v) is 15.3. The van der Waals surface area contributed by atoms with Gasteiger partial charge in [0.15, 0.2) is 0 Å². The van der Waals surface area contributed by atoms with Gasteiger partial charge >= 0.3 is 0 Å². The van der Waals surface area contributed by atoms with Crippen molar-refractivity contribution in [3.63, 3.8) is 0 Å². The summed E-state index contributed by atoms with van der Waals surface area (Å²) < 4.78 is 2.15. The third kappa shape index (κ3) is 3.36. The lowest BCUT2D eigenvalue weighted by Gasteiger charge is -2.35. The highest BCUT2D eigenvalue weighted by molar-refractivity contribution is 5.84. The molecule has 1 atom stereocenters. The Kier molecular flexibility index (Phi) is 4.62. The number of likely N-dealkylation sites (tertiary alicyclic amines) is 1. The predicted octanol–water partition coefficient (Wildman–Crippen LogP) is 4.20. The molecule has 3 heterocycles. The van der Waals surface area contributed by atoms with E-state index in [-0.39, 0.29) is 0 Å². The number of piperidine rings is 1. The van der Waals surface area contributed by atoms with E-state index in [1.54, 1.807) is 0 Å². The van der Waals surface area contributed by atoms with E-state index in [9.17, 15) is 0 Å². The Bertz CT molecular complexity index is 845. The predicted molar refractivity (Wildman–Crippen MR) is 103 cm³/mol. The molecule has 25 heavy (non-hydrogen) atoms. The summed E-state index contributed by atoms with van der Waals surface area (Å²) in [6, 6.07) is 9.30. The zero-order valence-electron chi connectivity index (χ0n) is 15.3. The van der Waals surface area contributed by atoms with Gasteiger partial charge < -0.3 is 9.55 Å². The van der Waals surface area contributed by atoms with Crippen LogP contribution >= 0.6 is 0 Å². The molecule has 4 nitrogen and oxygen atoms in total. The number of aryl methyl sites for hydroxylation is 3. The largest absolute Gasteiger partial charge is 0.357 e. The number of benzene rings is 1. The minimum absolute atomic E-state index is 0.663. The molecular weight excluding hydrogens is 308 g/mol. The van der Waals surface area contributed by atoms with Gasteiger partial charge in [-0.3, -0.25) is 4.90 Å². The van der Waals surface area contributed by atoms with Crippen molar-refractivity contribution < 1.29 is 0 Å². The zero-order chi connectivity index (χ0) is 17.2. The maximum atomic E-state index is 4.49. The van der Waals surface area contributed by atoms with Gasteiger partial charge in [-0.1, -0.05) is 24.6 Å². The third-order valence-electron chi connectivity index (χ3n) is 5.80. The number of aromatic amines is 1. The first-order chi connectivity index (χ1) is 12.2. The quantitative estimate of drug-likeness (QED) is 0.758. The van der Waals surface area contributed by atoms with Gasteiger partial charge in [-0.25, -0.2) is 4.98 Å². The number of fused-ring (bicyclic) bond motifs is 1. The van der Waals surface area contributed by atoms with Crippen LogP contribution in [0, 0.1) is 6.92 Å². The summed E-state index contributed by atoms with van der Waals surface area (Å²) in [5.74, 6) is 1.20. The van der Waals surface area contributed by atoms with Gasteiger partial charge in [-0.15, -0.1) is 0 Å². The van der Waals surface area contributed by atoms with Crippen molar-refractivity contribution in [3.05, 3.63) is 53.7 Å². The molecule has 4 heteroatoms. The highest BCUT2D eigenvalue weighted by Gasteiger charge is 2.24. The van der Waals surface area contributed by atoms with Crippen LogP contribution in [0.25, 0.3) is 10.9 Å². The molecule has 2 aromatic heterocycles. The maximum absolute atomic E-state index is 4.49. The summed E-state index contributed by atoms with van der Waals surface area (Å²) in [5.41, 5.74) is 4.05. The Labute approximate surface area is 149 Å². The Balaban J connectivity index is 1.48. The van der Waals surface area contributed by atoms with Crippen LogP contribution in [0.1, 0.15) is 42.8 Å².